The molecule has 0 amide bonds. The van der Waals surface area contributed by atoms with Crippen molar-refractivity contribution in [3.8, 4) is 0 Å². The van der Waals surface area contributed by atoms with Crippen molar-refractivity contribution < 1.29 is 0 Å². The molecular weight excluding hydrogens is 386 g/mol. The van der Waals surface area contributed by atoms with Crippen molar-refractivity contribution in [2.24, 2.45) is 5.10 Å². The SMILES string of the molecule is CSC(=S)NN1C(c2ccccc2)=NN(c2ccccc2)C1c1cccnc1. The van der Waals surface area contributed by atoms with E-state index in [4.69, 9.17) is 17.3 Å². The van der Waals surface area contributed by atoms with Crippen molar-refractivity contribution in [2.45, 2.75) is 6.17 Å². The zero-order valence-electron chi connectivity index (χ0n) is 15.3. The second-order valence-electron chi connectivity index (χ2n) is 6.10. The van der Waals surface area contributed by atoms with E-state index in [-0.39, 0.29) is 6.17 Å². The van der Waals surface area contributed by atoms with Crippen molar-refractivity contribution in [1.82, 2.24) is 15.4 Å². The van der Waals surface area contributed by atoms with E-state index in [1.54, 1.807) is 6.20 Å². The maximum atomic E-state index is 5.47. The van der Waals surface area contributed by atoms with Gasteiger partial charge in [-0.3, -0.25) is 10.4 Å². The molecule has 2 aromatic carbocycles. The number of hydrazone groups is 1. The number of hydrogen-bond donors (Lipinski definition) is 1. The van der Waals surface area contributed by atoms with Crippen molar-refractivity contribution in [3.05, 3.63) is 96.3 Å². The van der Waals surface area contributed by atoms with Gasteiger partial charge in [0, 0.05) is 23.5 Å². The first-order valence-corrected chi connectivity index (χ1v) is 10.4. The van der Waals surface area contributed by atoms with Crippen LogP contribution in [0.1, 0.15) is 17.3 Å². The first kappa shape index (κ1) is 18.5. The molecule has 0 saturated carbocycles. The predicted octanol–water partition coefficient (Wildman–Crippen LogP) is 4.42. The molecule has 4 rings (SSSR count). The van der Waals surface area contributed by atoms with E-state index in [0.29, 0.717) is 4.32 Å². The number of thioether (sulfide) groups is 1. The maximum Gasteiger partial charge on any atom is 0.177 e. The van der Waals surface area contributed by atoms with Crippen LogP contribution in [0.3, 0.4) is 0 Å². The lowest BCUT2D eigenvalue weighted by Gasteiger charge is -2.32. The van der Waals surface area contributed by atoms with E-state index in [0.717, 1.165) is 22.6 Å². The fourth-order valence-corrected chi connectivity index (χ4v) is 3.36. The Bertz CT molecular complexity index is 964. The van der Waals surface area contributed by atoms with Crippen LogP contribution >= 0.6 is 24.0 Å². The molecule has 1 aliphatic rings. The number of benzene rings is 2. The summed E-state index contributed by atoms with van der Waals surface area (Å²) in [4.78, 5) is 4.32. The molecule has 0 radical (unpaired) electrons. The number of amidine groups is 1. The Balaban J connectivity index is 1.85. The number of nitrogens with zero attached hydrogens (tertiary/aromatic N) is 4. The van der Waals surface area contributed by atoms with Gasteiger partial charge in [0.05, 0.1) is 5.69 Å². The monoisotopic (exact) mass is 405 g/mol. The molecule has 1 N–H and O–H groups in total. The quantitative estimate of drug-likeness (QED) is 0.649. The van der Waals surface area contributed by atoms with Gasteiger partial charge in [0.1, 0.15) is 0 Å². The molecule has 3 aromatic rings. The molecule has 0 fully saturated rings. The average molecular weight is 406 g/mol. The minimum atomic E-state index is -0.226. The number of pyridine rings is 1. The van der Waals surface area contributed by atoms with Crippen LogP contribution < -0.4 is 10.4 Å². The van der Waals surface area contributed by atoms with Crippen LogP contribution in [0.15, 0.2) is 90.3 Å². The van der Waals surface area contributed by atoms with Gasteiger partial charge in [0.15, 0.2) is 16.3 Å². The summed E-state index contributed by atoms with van der Waals surface area (Å²) in [6.45, 7) is 0. The third-order valence-corrected chi connectivity index (χ3v) is 5.39. The van der Waals surface area contributed by atoms with Gasteiger partial charge in [0.2, 0.25) is 0 Å². The van der Waals surface area contributed by atoms with Crippen LogP contribution in [0.4, 0.5) is 5.69 Å². The Labute approximate surface area is 174 Å². The number of thiocarbonyl (C=S) groups is 1. The highest BCUT2D eigenvalue weighted by Gasteiger charge is 2.37. The summed E-state index contributed by atoms with van der Waals surface area (Å²) in [5, 5.41) is 8.98. The molecule has 140 valence electrons. The molecule has 1 aromatic heterocycles. The number of anilines is 1. The first-order valence-electron chi connectivity index (χ1n) is 8.80. The molecule has 2 heterocycles. The topological polar surface area (TPSA) is 43.8 Å². The lowest BCUT2D eigenvalue weighted by atomic mass is 10.1. The van der Waals surface area contributed by atoms with Crippen LogP contribution in [-0.4, -0.2) is 26.4 Å². The summed E-state index contributed by atoms with van der Waals surface area (Å²) < 4.78 is 0.674. The van der Waals surface area contributed by atoms with E-state index in [2.05, 4.69) is 10.4 Å². The highest BCUT2D eigenvalue weighted by atomic mass is 32.2. The number of para-hydroxylation sites is 1. The molecule has 0 bridgehead atoms. The highest BCUT2D eigenvalue weighted by Crippen LogP contribution is 2.35. The summed E-state index contributed by atoms with van der Waals surface area (Å²) in [6, 6.07) is 24.2. The number of rotatable bonds is 4. The molecule has 1 unspecified atom stereocenters. The van der Waals surface area contributed by atoms with Crippen molar-refractivity contribution in [2.75, 3.05) is 11.3 Å². The summed E-state index contributed by atoms with van der Waals surface area (Å²) in [7, 11) is 0. The van der Waals surface area contributed by atoms with Crippen LogP contribution in [0.25, 0.3) is 0 Å². The molecular formula is C21H19N5S2. The fraction of sp³-hybridized carbons (Fsp3) is 0.0952. The molecule has 1 aliphatic heterocycles. The maximum absolute atomic E-state index is 5.47. The number of hydrazine groups is 1. The Morgan fingerprint density at radius 1 is 1.00 bits per heavy atom. The molecule has 28 heavy (non-hydrogen) atoms. The molecule has 5 nitrogen and oxygen atoms in total. The van der Waals surface area contributed by atoms with Crippen molar-refractivity contribution in [3.63, 3.8) is 0 Å². The van der Waals surface area contributed by atoms with Gasteiger partial charge in [-0.1, -0.05) is 78.6 Å². The fourth-order valence-electron chi connectivity index (χ4n) is 3.07. The summed E-state index contributed by atoms with van der Waals surface area (Å²) in [5.74, 6) is 0.801. The van der Waals surface area contributed by atoms with Crippen LogP contribution in [0.5, 0.6) is 0 Å². The Morgan fingerprint density at radius 3 is 2.36 bits per heavy atom. The van der Waals surface area contributed by atoms with E-state index in [1.165, 1.54) is 11.8 Å². The second-order valence-corrected chi connectivity index (χ2v) is 7.59. The first-order chi connectivity index (χ1) is 13.8. The van der Waals surface area contributed by atoms with Gasteiger partial charge >= 0.3 is 0 Å². The lowest BCUT2D eigenvalue weighted by Crippen LogP contribution is -2.46. The number of nitrogens with one attached hydrogen (secondary N) is 1. The molecule has 7 heteroatoms. The Hall–Kier alpha value is -2.90. The van der Waals surface area contributed by atoms with E-state index < -0.39 is 0 Å². The van der Waals surface area contributed by atoms with Crippen molar-refractivity contribution in [1.29, 1.82) is 0 Å². The summed E-state index contributed by atoms with van der Waals surface area (Å²) in [5.41, 5.74) is 6.36. The Morgan fingerprint density at radius 2 is 1.71 bits per heavy atom. The highest BCUT2D eigenvalue weighted by molar-refractivity contribution is 8.22. The predicted molar refractivity (Wildman–Crippen MR) is 120 cm³/mol. The van der Waals surface area contributed by atoms with Crippen LogP contribution in [-0.2, 0) is 0 Å². The van der Waals surface area contributed by atoms with E-state index in [1.807, 2.05) is 95.3 Å². The second kappa shape index (κ2) is 8.41. The summed E-state index contributed by atoms with van der Waals surface area (Å²) >= 11 is 6.97. The molecule has 0 saturated heterocycles. The van der Waals surface area contributed by atoms with Gasteiger partial charge in [-0.15, -0.1) is 5.10 Å². The van der Waals surface area contributed by atoms with Gasteiger partial charge in [-0.05, 0) is 24.5 Å². The lowest BCUT2D eigenvalue weighted by molar-refractivity contribution is 0.303. The number of aromatic nitrogens is 1. The average Bonchev–Trinajstić information content (AvgIpc) is 3.14. The minimum Gasteiger partial charge on any atom is -0.279 e. The van der Waals surface area contributed by atoms with Gasteiger partial charge in [-0.25, -0.2) is 10.0 Å². The molecule has 0 aliphatic carbocycles. The zero-order valence-corrected chi connectivity index (χ0v) is 16.9. The molecule has 0 spiro atoms. The third kappa shape index (κ3) is 3.72. The summed E-state index contributed by atoms with van der Waals surface area (Å²) in [6.07, 6.45) is 5.37. The number of hydrogen-bond acceptors (Lipinski definition) is 6. The zero-order chi connectivity index (χ0) is 19.3. The Kier molecular flexibility index (Phi) is 5.55. The van der Waals surface area contributed by atoms with Crippen LogP contribution in [0, 0.1) is 0 Å². The van der Waals surface area contributed by atoms with Crippen molar-refractivity contribution >= 4 is 39.8 Å². The third-order valence-electron chi connectivity index (χ3n) is 4.34. The normalized spacial score (nSPS) is 16.0. The van der Waals surface area contributed by atoms with Gasteiger partial charge in [-0.2, -0.15) is 0 Å². The minimum absolute atomic E-state index is 0.226. The van der Waals surface area contributed by atoms with E-state index >= 15 is 0 Å². The van der Waals surface area contributed by atoms with Crippen LogP contribution in [0.2, 0.25) is 0 Å². The smallest absolute Gasteiger partial charge is 0.177 e. The molecule has 1 atom stereocenters. The van der Waals surface area contributed by atoms with Gasteiger partial charge in [0.25, 0.3) is 0 Å². The standard InChI is InChI=1S/C21H19N5S2/c1-28-21(27)24-26-19(16-9-4-2-5-10-16)23-25(18-12-6-3-7-13-18)20(26)17-11-8-14-22-15-17/h2-15,20H,1H3,(H,24,27). The largest absolute Gasteiger partial charge is 0.279 e. The van der Waals surface area contributed by atoms with Gasteiger partial charge < -0.3 is 0 Å². The van der Waals surface area contributed by atoms with E-state index in [9.17, 15) is 0 Å².